The summed E-state index contributed by atoms with van der Waals surface area (Å²) in [6.45, 7) is 1.86. The van der Waals surface area contributed by atoms with Crippen LogP contribution >= 0.6 is 0 Å². The lowest BCUT2D eigenvalue weighted by molar-refractivity contribution is -0.108. The molecule has 2 aromatic rings. The van der Waals surface area contributed by atoms with Crippen molar-refractivity contribution in [3.05, 3.63) is 36.3 Å². The van der Waals surface area contributed by atoms with Crippen LogP contribution in [0.1, 0.15) is 18.5 Å². The molecule has 66 valence electrons. The van der Waals surface area contributed by atoms with E-state index in [0.29, 0.717) is 0 Å². The minimum atomic E-state index is -0.0996. The van der Waals surface area contributed by atoms with Crippen LogP contribution in [0.15, 0.2) is 30.6 Å². The molecule has 2 rings (SSSR count). The van der Waals surface area contributed by atoms with E-state index in [4.69, 9.17) is 0 Å². The number of aldehydes is 1. The molecule has 0 bridgehead atoms. The molecule has 0 amide bonds. The van der Waals surface area contributed by atoms with E-state index in [1.165, 1.54) is 0 Å². The van der Waals surface area contributed by atoms with Crippen molar-refractivity contribution >= 4 is 11.9 Å². The van der Waals surface area contributed by atoms with E-state index in [1.54, 1.807) is 6.20 Å². The number of carbonyl (C=O) groups excluding carboxylic acids is 1. The van der Waals surface area contributed by atoms with E-state index in [-0.39, 0.29) is 5.92 Å². The van der Waals surface area contributed by atoms with Gasteiger partial charge in [-0.15, -0.1) is 0 Å². The number of hydrogen-bond acceptors (Lipinski definition) is 2. The fourth-order valence-corrected chi connectivity index (χ4v) is 1.36. The standard InChI is InChI=1S/C10H10N2O/c1-8(7-13)9-6-11-10-4-2-3-5-12(9)10/h2-8H,1H3. The molecule has 0 spiro atoms. The Morgan fingerprint density at radius 2 is 2.38 bits per heavy atom. The largest absolute Gasteiger partial charge is 0.303 e. The SMILES string of the molecule is CC(C=O)c1cnc2ccccn12. The van der Waals surface area contributed by atoms with Gasteiger partial charge in [0.2, 0.25) is 0 Å². The molecule has 0 saturated carbocycles. The van der Waals surface area contributed by atoms with Crippen molar-refractivity contribution in [2.45, 2.75) is 12.8 Å². The number of pyridine rings is 1. The van der Waals surface area contributed by atoms with Crippen molar-refractivity contribution in [3.8, 4) is 0 Å². The van der Waals surface area contributed by atoms with Crippen LogP contribution in [0.2, 0.25) is 0 Å². The van der Waals surface area contributed by atoms with Gasteiger partial charge >= 0.3 is 0 Å². The van der Waals surface area contributed by atoms with E-state index in [9.17, 15) is 4.79 Å². The molecule has 0 N–H and O–H groups in total. The maximum atomic E-state index is 10.6. The van der Waals surface area contributed by atoms with Crippen LogP contribution in [-0.4, -0.2) is 15.7 Å². The Bertz CT molecular complexity index is 433. The van der Waals surface area contributed by atoms with Crippen LogP contribution in [0.25, 0.3) is 5.65 Å². The summed E-state index contributed by atoms with van der Waals surface area (Å²) in [4.78, 5) is 14.8. The van der Waals surface area contributed by atoms with Crippen molar-refractivity contribution in [3.63, 3.8) is 0 Å². The van der Waals surface area contributed by atoms with Gasteiger partial charge in [0.05, 0.1) is 11.6 Å². The molecule has 2 aromatic heterocycles. The normalized spacial score (nSPS) is 13.0. The second kappa shape index (κ2) is 3.01. The average Bonchev–Trinajstić information content (AvgIpc) is 2.60. The summed E-state index contributed by atoms with van der Waals surface area (Å²) < 4.78 is 1.93. The van der Waals surface area contributed by atoms with Gasteiger partial charge in [-0.1, -0.05) is 13.0 Å². The molecule has 0 saturated heterocycles. The highest BCUT2D eigenvalue weighted by atomic mass is 16.1. The number of hydrogen-bond donors (Lipinski definition) is 0. The summed E-state index contributed by atoms with van der Waals surface area (Å²) in [5.74, 6) is -0.0996. The molecular weight excluding hydrogens is 164 g/mol. The van der Waals surface area contributed by atoms with Crippen LogP contribution in [0.3, 0.4) is 0 Å². The minimum Gasteiger partial charge on any atom is -0.303 e. The first-order chi connectivity index (χ1) is 6.33. The van der Waals surface area contributed by atoms with Gasteiger partial charge in [0.15, 0.2) is 0 Å². The summed E-state index contributed by atoms with van der Waals surface area (Å²) in [6, 6.07) is 5.77. The van der Waals surface area contributed by atoms with Gasteiger partial charge in [0.1, 0.15) is 11.9 Å². The fourth-order valence-electron chi connectivity index (χ4n) is 1.36. The lowest BCUT2D eigenvalue weighted by Gasteiger charge is -2.02. The first-order valence-electron chi connectivity index (χ1n) is 4.20. The van der Waals surface area contributed by atoms with E-state index in [0.717, 1.165) is 17.6 Å². The van der Waals surface area contributed by atoms with Crippen molar-refractivity contribution < 1.29 is 4.79 Å². The van der Waals surface area contributed by atoms with E-state index in [1.807, 2.05) is 35.7 Å². The van der Waals surface area contributed by atoms with Crippen molar-refractivity contribution in [1.82, 2.24) is 9.38 Å². The Morgan fingerprint density at radius 3 is 3.15 bits per heavy atom. The lowest BCUT2D eigenvalue weighted by Crippen LogP contribution is -1.98. The van der Waals surface area contributed by atoms with E-state index < -0.39 is 0 Å². The minimum absolute atomic E-state index is 0.0996. The Kier molecular flexibility index (Phi) is 1.85. The highest BCUT2D eigenvalue weighted by Crippen LogP contribution is 2.14. The number of rotatable bonds is 2. The van der Waals surface area contributed by atoms with Gasteiger partial charge in [-0.05, 0) is 12.1 Å². The number of fused-ring (bicyclic) bond motifs is 1. The summed E-state index contributed by atoms with van der Waals surface area (Å²) in [5.41, 5.74) is 1.82. The summed E-state index contributed by atoms with van der Waals surface area (Å²) in [6.07, 6.45) is 4.59. The molecule has 0 fully saturated rings. The highest BCUT2D eigenvalue weighted by Gasteiger charge is 2.08. The molecule has 0 aliphatic rings. The fraction of sp³-hybridized carbons (Fsp3) is 0.200. The molecule has 0 aromatic carbocycles. The van der Waals surface area contributed by atoms with Crippen LogP contribution in [-0.2, 0) is 4.79 Å². The second-order valence-electron chi connectivity index (χ2n) is 3.04. The van der Waals surface area contributed by atoms with Gasteiger partial charge in [0.25, 0.3) is 0 Å². The number of imidazole rings is 1. The smallest absolute Gasteiger partial charge is 0.136 e. The predicted molar refractivity (Wildman–Crippen MR) is 49.7 cm³/mol. The predicted octanol–water partition coefficient (Wildman–Crippen LogP) is 1.64. The topological polar surface area (TPSA) is 34.4 Å². The van der Waals surface area contributed by atoms with Gasteiger partial charge in [-0.2, -0.15) is 0 Å². The van der Waals surface area contributed by atoms with Crippen LogP contribution in [0.4, 0.5) is 0 Å². The summed E-state index contributed by atoms with van der Waals surface area (Å²) in [7, 11) is 0. The van der Waals surface area contributed by atoms with Crippen LogP contribution in [0, 0.1) is 0 Å². The summed E-state index contributed by atoms with van der Waals surface area (Å²) in [5, 5.41) is 0. The monoisotopic (exact) mass is 174 g/mol. The first-order valence-corrected chi connectivity index (χ1v) is 4.20. The Labute approximate surface area is 76.0 Å². The molecule has 0 aliphatic carbocycles. The van der Waals surface area contributed by atoms with Gasteiger partial charge in [-0.3, -0.25) is 0 Å². The lowest BCUT2D eigenvalue weighted by atomic mass is 10.1. The molecule has 13 heavy (non-hydrogen) atoms. The van der Waals surface area contributed by atoms with Crippen molar-refractivity contribution in [2.24, 2.45) is 0 Å². The molecule has 1 atom stereocenters. The highest BCUT2D eigenvalue weighted by molar-refractivity contribution is 5.61. The van der Waals surface area contributed by atoms with E-state index in [2.05, 4.69) is 4.98 Å². The van der Waals surface area contributed by atoms with Gasteiger partial charge < -0.3 is 9.20 Å². The first kappa shape index (κ1) is 7.98. The summed E-state index contributed by atoms with van der Waals surface area (Å²) >= 11 is 0. The average molecular weight is 174 g/mol. The molecule has 0 radical (unpaired) electrons. The Morgan fingerprint density at radius 1 is 1.54 bits per heavy atom. The van der Waals surface area contributed by atoms with Gasteiger partial charge in [0, 0.05) is 12.4 Å². The molecule has 3 nitrogen and oxygen atoms in total. The zero-order valence-corrected chi connectivity index (χ0v) is 7.34. The number of carbonyl (C=O) groups is 1. The maximum absolute atomic E-state index is 10.6. The molecule has 0 aliphatic heterocycles. The van der Waals surface area contributed by atoms with E-state index >= 15 is 0 Å². The number of nitrogens with zero attached hydrogens (tertiary/aromatic N) is 2. The third kappa shape index (κ3) is 1.22. The Hall–Kier alpha value is -1.64. The Balaban J connectivity index is 2.64. The molecule has 2 heterocycles. The molecule has 3 heteroatoms. The third-order valence-corrected chi connectivity index (χ3v) is 2.12. The quantitative estimate of drug-likeness (QED) is 0.648. The van der Waals surface area contributed by atoms with Crippen LogP contribution < -0.4 is 0 Å². The second-order valence-corrected chi connectivity index (χ2v) is 3.04. The number of aromatic nitrogens is 2. The van der Waals surface area contributed by atoms with Crippen molar-refractivity contribution in [2.75, 3.05) is 0 Å². The maximum Gasteiger partial charge on any atom is 0.136 e. The van der Waals surface area contributed by atoms with Gasteiger partial charge in [-0.25, -0.2) is 4.98 Å². The molecular formula is C10H10N2O. The zero-order valence-electron chi connectivity index (χ0n) is 7.34. The van der Waals surface area contributed by atoms with Crippen LogP contribution in [0.5, 0.6) is 0 Å². The van der Waals surface area contributed by atoms with Crippen molar-refractivity contribution in [1.29, 1.82) is 0 Å². The third-order valence-electron chi connectivity index (χ3n) is 2.12. The molecule has 1 unspecified atom stereocenters. The zero-order chi connectivity index (χ0) is 9.26.